The molecule has 0 radical (unpaired) electrons. The molecule has 0 fully saturated rings. The van der Waals surface area contributed by atoms with E-state index in [2.05, 4.69) is 25.5 Å². The van der Waals surface area contributed by atoms with Crippen LogP contribution in [-0.2, 0) is 11.3 Å². The van der Waals surface area contributed by atoms with Gasteiger partial charge in [0.2, 0.25) is 11.7 Å². The normalized spacial score (nSPS) is 10.7. The highest BCUT2D eigenvalue weighted by Gasteiger charge is 2.14. The maximum Gasteiger partial charge on any atom is 0.387 e. The van der Waals surface area contributed by atoms with E-state index in [0.717, 1.165) is 4.80 Å². The highest BCUT2D eigenvalue weighted by molar-refractivity contribution is 6.32. The van der Waals surface area contributed by atoms with Crippen molar-refractivity contribution in [2.45, 2.75) is 13.2 Å². The lowest BCUT2D eigenvalue weighted by molar-refractivity contribution is -0.117. The van der Waals surface area contributed by atoms with Crippen LogP contribution in [0.4, 0.5) is 14.5 Å². The molecule has 3 rings (SSSR count). The third-order valence-electron chi connectivity index (χ3n) is 3.81. The molecule has 158 valence electrons. The summed E-state index contributed by atoms with van der Waals surface area (Å²) in [5.41, 5.74) is 0.924. The zero-order chi connectivity index (χ0) is 21.7. The van der Waals surface area contributed by atoms with E-state index >= 15 is 0 Å². The molecule has 2 aromatic carbocycles. The number of aromatic nitrogens is 4. The fourth-order valence-electron chi connectivity index (χ4n) is 2.50. The second-order valence-corrected chi connectivity index (χ2v) is 6.19. The van der Waals surface area contributed by atoms with Crippen molar-refractivity contribution in [3.05, 3.63) is 41.4 Å². The van der Waals surface area contributed by atoms with Crippen LogP contribution in [0, 0.1) is 0 Å². The van der Waals surface area contributed by atoms with Crippen LogP contribution in [-0.4, -0.2) is 46.9 Å². The molecule has 0 atom stereocenters. The highest BCUT2D eigenvalue weighted by Crippen LogP contribution is 2.31. The van der Waals surface area contributed by atoms with Crippen LogP contribution in [0.3, 0.4) is 0 Å². The number of hydrogen-bond donors (Lipinski definition) is 1. The van der Waals surface area contributed by atoms with Crippen molar-refractivity contribution in [1.29, 1.82) is 0 Å². The molecule has 1 N–H and O–H groups in total. The molecule has 0 unspecified atom stereocenters. The van der Waals surface area contributed by atoms with Crippen molar-refractivity contribution < 1.29 is 27.8 Å². The molecule has 0 spiro atoms. The number of carbonyl (C=O) groups excluding carboxylic acids is 1. The molecule has 0 aliphatic carbocycles. The fourth-order valence-corrected chi connectivity index (χ4v) is 2.73. The number of nitrogens with zero attached hydrogens (tertiary/aromatic N) is 4. The van der Waals surface area contributed by atoms with E-state index in [1.807, 2.05) is 0 Å². The van der Waals surface area contributed by atoms with Gasteiger partial charge in [0, 0.05) is 11.3 Å². The van der Waals surface area contributed by atoms with Crippen LogP contribution in [0.15, 0.2) is 36.4 Å². The van der Waals surface area contributed by atoms with E-state index in [4.69, 9.17) is 21.1 Å². The Morgan fingerprint density at radius 3 is 2.53 bits per heavy atom. The minimum atomic E-state index is -3.00. The van der Waals surface area contributed by atoms with Gasteiger partial charge in [-0.15, -0.1) is 10.2 Å². The van der Waals surface area contributed by atoms with E-state index in [1.165, 1.54) is 32.4 Å². The van der Waals surface area contributed by atoms with Crippen LogP contribution < -0.4 is 19.5 Å². The Hall–Kier alpha value is -3.47. The molecule has 0 aliphatic rings. The topological polar surface area (TPSA) is 100 Å². The van der Waals surface area contributed by atoms with Crippen molar-refractivity contribution in [2.24, 2.45) is 0 Å². The summed E-state index contributed by atoms with van der Waals surface area (Å²) < 4.78 is 39.2. The van der Waals surface area contributed by atoms with Crippen LogP contribution in [0.2, 0.25) is 5.02 Å². The van der Waals surface area contributed by atoms with Crippen LogP contribution >= 0.6 is 11.6 Å². The van der Waals surface area contributed by atoms with Crippen molar-refractivity contribution in [3.8, 4) is 28.6 Å². The highest BCUT2D eigenvalue weighted by atomic mass is 35.5. The van der Waals surface area contributed by atoms with Crippen molar-refractivity contribution >= 4 is 23.2 Å². The van der Waals surface area contributed by atoms with E-state index < -0.39 is 12.5 Å². The number of nitrogens with one attached hydrogen (secondary N) is 1. The van der Waals surface area contributed by atoms with Gasteiger partial charge in [-0.3, -0.25) is 4.79 Å². The first-order valence-corrected chi connectivity index (χ1v) is 8.82. The summed E-state index contributed by atoms with van der Waals surface area (Å²) in [4.78, 5) is 13.3. The summed E-state index contributed by atoms with van der Waals surface area (Å²) >= 11 is 5.87. The van der Waals surface area contributed by atoms with E-state index in [9.17, 15) is 13.6 Å². The lowest BCUT2D eigenvalue weighted by atomic mass is 10.2. The van der Waals surface area contributed by atoms with Crippen molar-refractivity contribution in [2.75, 3.05) is 19.5 Å². The number of benzene rings is 2. The Bertz CT molecular complexity index is 1050. The number of rotatable bonds is 8. The molecule has 0 aliphatic heterocycles. The van der Waals surface area contributed by atoms with Gasteiger partial charge < -0.3 is 19.5 Å². The van der Waals surface area contributed by atoms with Gasteiger partial charge in [-0.2, -0.15) is 13.6 Å². The summed E-state index contributed by atoms with van der Waals surface area (Å²) in [5, 5.41) is 14.4. The third kappa shape index (κ3) is 5.11. The molecule has 1 aromatic heterocycles. The number of amides is 1. The average molecular weight is 440 g/mol. The van der Waals surface area contributed by atoms with Crippen LogP contribution in [0.5, 0.6) is 17.2 Å². The standard InChI is InChI=1S/C18H16ClF2N5O4/c1-28-14-5-3-10(7-15(14)29-2)17-23-25-26(24-17)9-16(27)22-11-4-6-13(12(19)8-11)30-18(20)21/h3-8,18H,9H2,1-2H3,(H,22,27). The molecule has 0 saturated heterocycles. The minimum Gasteiger partial charge on any atom is -0.493 e. The van der Waals surface area contributed by atoms with Gasteiger partial charge in [0.25, 0.3) is 0 Å². The predicted molar refractivity (Wildman–Crippen MR) is 103 cm³/mol. The number of hydrogen-bond acceptors (Lipinski definition) is 7. The zero-order valence-corrected chi connectivity index (χ0v) is 16.6. The fraction of sp³-hybridized carbons (Fsp3) is 0.222. The Morgan fingerprint density at radius 2 is 1.87 bits per heavy atom. The van der Waals surface area contributed by atoms with Gasteiger partial charge in [0.1, 0.15) is 12.3 Å². The monoisotopic (exact) mass is 439 g/mol. The lowest BCUT2D eigenvalue weighted by Crippen LogP contribution is -2.20. The first-order valence-electron chi connectivity index (χ1n) is 8.44. The van der Waals surface area contributed by atoms with Crippen molar-refractivity contribution in [3.63, 3.8) is 0 Å². The second kappa shape index (κ2) is 9.35. The minimum absolute atomic E-state index is 0.0669. The van der Waals surface area contributed by atoms with Crippen molar-refractivity contribution in [1.82, 2.24) is 20.2 Å². The first-order chi connectivity index (χ1) is 14.4. The molecule has 1 heterocycles. The van der Waals surface area contributed by atoms with Crippen LogP contribution in [0.1, 0.15) is 0 Å². The molecule has 1 amide bonds. The zero-order valence-electron chi connectivity index (χ0n) is 15.8. The second-order valence-electron chi connectivity index (χ2n) is 5.79. The van der Waals surface area contributed by atoms with Gasteiger partial charge in [-0.05, 0) is 41.6 Å². The van der Waals surface area contributed by atoms with E-state index in [0.29, 0.717) is 28.6 Å². The van der Waals surface area contributed by atoms with Gasteiger partial charge >= 0.3 is 6.61 Å². The molecule has 0 saturated carbocycles. The molecule has 3 aromatic rings. The maximum atomic E-state index is 12.3. The Labute approximate surface area is 174 Å². The number of anilines is 1. The molecular weight excluding hydrogens is 424 g/mol. The van der Waals surface area contributed by atoms with Gasteiger partial charge in [-0.1, -0.05) is 11.6 Å². The largest absolute Gasteiger partial charge is 0.493 e. The number of halogens is 3. The molecule has 30 heavy (non-hydrogen) atoms. The van der Waals surface area contributed by atoms with Gasteiger partial charge in [0.05, 0.1) is 19.2 Å². The number of methoxy groups -OCH3 is 2. The SMILES string of the molecule is COc1ccc(-c2nnn(CC(=O)Nc3ccc(OC(F)F)c(Cl)c3)n2)cc1OC. The average Bonchev–Trinajstić information content (AvgIpc) is 3.17. The molecule has 9 nitrogen and oxygen atoms in total. The molecular formula is C18H16ClF2N5O4. The number of alkyl halides is 2. The van der Waals surface area contributed by atoms with Crippen LogP contribution in [0.25, 0.3) is 11.4 Å². The third-order valence-corrected chi connectivity index (χ3v) is 4.11. The summed E-state index contributed by atoms with van der Waals surface area (Å²) in [6, 6.07) is 9.02. The Morgan fingerprint density at radius 1 is 1.13 bits per heavy atom. The van der Waals surface area contributed by atoms with E-state index in [1.54, 1.807) is 18.2 Å². The van der Waals surface area contributed by atoms with E-state index in [-0.39, 0.29) is 17.3 Å². The summed E-state index contributed by atoms with van der Waals surface area (Å²) in [7, 11) is 3.03. The van der Waals surface area contributed by atoms with Gasteiger partial charge in [0.15, 0.2) is 11.5 Å². The number of ether oxygens (including phenoxy) is 3. The Kier molecular flexibility index (Phi) is 6.62. The van der Waals surface area contributed by atoms with Gasteiger partial charge in [-0.25, -0.2) is 0 Å². The lowest BCUT2D eigenvalue weighted by Gasteiger charge is -2.09. The first kappa shape index (κ1) is 21.2. The predicted octanol–water partition coefficient (Wildman–Crippen LogP) is 3.25. The number of tetrazole rings is 1. The molecule has 0 bridgehead atoms. The summed E-state index contributed by atoms with van der Waals surface area (Å²) in [6.07, 6.45) is 0. The summed E-state index contributed by atoms with van der Waals surface area (Å²) in [5.74, 6) is 0.684. The molecule has 12 heteroatoms. The number of carbonyl (C=O) groups is 1. The smallest absolute Gasteiger partial charge is 0.387 e. The summed E-state index contributed by atoms with van der Waals surface area (Å²) in [6.45, 7) is -3.23. The Balaban J connectivity index is 1.66. The quantitative estimate of drug-likeness (QED) is 0.575. The maximum absolute atomic E-state index is 12.3.